The summed E-state index contributed by atoms with van der Waals surface area (Å²) >= 11 is 0. The molecule has 1 rings (SSSR count). The summed E-state index contributed by atoms with van der Waals surface area (Å²) in [6.45, 7) is 0.511. The third kappa shape index (κ3) is 6.18. The molecule has 1 aromatic heterocycles. The summed E-state index contributed by atoms with van der Waals surface area (Å²) in [4.78, 5) is 14.9. The molecule has 0 unspecified atom stereocenters. The number of halogens is 3. The Hall–Kier alpha value is -1.64. The van der Waals surface area contributed by atoms with E-state index in [1.165, 1.54) is 0 Å². The first-order chi connectivity index (χ1) is 8.37. The van der Waals surface area contributed by atoms with Gasteiger partial charge in [-0.3, -0.25) is 4.79 Å². The average molecular weight is 266 g/mol. The quantitative estimate of drug-likeness (QED) is 0.718. The molecule has 0 saturated heterocycles. The molecule has 102 valence electrons. The number of nitrogens with one attached hydrogen (secondary N) is 2. The standard InChI is InChI=1S/C9H13F3N4O2/c1-6-15-7(16-18-6)2-3-13-4-8(17)14-5-9(10,11)12/h13H,2-5H2,1H3,(H,14,17). The van der Waals surface area contributed by atoms with Gasteiger partial charge in [0.05, 0.1) is 6.54 Å². The second-order valence-corrected chi connectivity index (χ2v) is 3.55. The first-order valence-corrected chi connectivity index (χ1v) is 5.20. The molecule has 0 aromatic carbocycles. The van der Waals surface area contributed by atoms with Crippen LogP contribution in [-0.2, 0) is 11.2 Å². The average Bonchev–Trinajstić information content (AvgIpc) is 2.67. The van der Waals surface area contributed by atoms with Gasteiger partial charge in [0.2, 0.25) is 11.8 Å². The number of carbonyl (C=O) groups excluding carboxylic acids is 1. The predicted octanol–water partition coefficient (Wildman–Crippen LogP) is 0.189. The Morgan fingerprint density at radius 1 is 1.44 bits per heavy atom. The van der Waals surface area contributed by atoms with E-state index >= 15 is 0 Å². The van der Waals surface area contributed by atoms with E-state index in [1.54, 1.807) is 12.2 Å². The van der Waals surface area contributed by atoms with E-state index in [2.05, 4.69) is 15.5 Å². The van der Waals surface area contributed by atoms with Crippen molar-refractivity contribution in [3.63, 3.8) is 0 Å². The van der Waals surface area contributed by atoms with E-state index in [1.807, 2.05) is 0 Å². The fourth-order valence-corrected chi connectivity index (χ4v) is 1.11. The monoisotopic (exact) mass is 266 g/mol. The molecule has 1 heterocycles. The number of alkyl halides is 3. The number of aromatic nitrogens is 2. The molecule has 0 bridgehead atoms. The summed E-state index contributed by atoms with van der Waals surface area (Å²) in [5.74, 6) is 0.209. The van der Waals surface area contributed by atoms with Gasteiger partial charge in [-0.25, -0.2) is 0 Å². The minimum Gasteiger partial charge on any atom is -0.346 e. The van der Waals surface area contributed by atoms with E-state index in [4.69, 9.17) is 4.52 Å². The number of rotatable bonds is 6. The lowest BCUT2D eigenvalue weighted by Crippen LogP contribution is -2.39. The van der Waals surface area contributed by atoms with E-state index in [0.29, 0.717) is 24.7 Å². The summed E-state index contributed by atoms with van der Waals surface area (Å²) in [7, 11) is 0. The van der Waals surface area contributed by atoms with Crippen LogP contribution < -0.4 is 10.6 Å². The Morgan fingerprint density at radius 3 is 2.72 bits per heavy atom. The maximum atomic E-state index is 11.8. The first kappa shape index (κ1) is 14.4. The fourth-order valence-electron chi connectivity index (χ4n) is 1.11. The smallest absolute Gasteiger partial charge is 0.346 e. The van der Waals surface area contributed by atoms with Gasteiger partial charge in [-0.1, -0.05) is 5.16 Å². The third-order valence-electron chi connectivity index (χ3n) is 1.87. The van der Waals surface area contributed by atoms with Gasteiger partial charge in [0, 0.05) is 19.9 Å². The lowest BCUT2D eigenvalue weighted by Gasteiger charge is -2.08. The molecule has 1 aromatic rings. The summed E-state index contributed by atoms with van der Waals surface area (Å²) in [6, 6.07) is 0. The van der Waals surface area contributed by atoms with Gasteiger partial charge in [0.25, 0.3) is 0 Å². The molecule has 0 saturated carbocycles. The number of hydrogen-bond donors (Lipinski definition) is 2. The van der Waals surface area contributed by atoms with Crippen molar-refractivity contribution in [3.05, 3.63) is 11.7 Å². The molecule has 0 aliphatic rings. The lowest BCUT2D eigenvalue weighted by molar-refractivity contribution is -0.137. The summed E-state index contributed by atoms with van der Waals surface area (Å²) in [5, 5.41) is 8.05. The van der Waals surface area contributed by atoms with Gasteiger partial charge < -0.3 is 15.2 Å². The van der Waals surface area contributed by atoms with Crippen LogP contribution in [-0.4, -0.2) is 41.9 Å². The zero-order valence-electron chi connectivity index (χ0n) is 9.67. The Kier molecular flexibility index (Phi) is 5.08. The van der Waals surface area contributed by atoms with Crippen molar-refractivity contribution < 1.29 is 22.5 Å². The lowest BCUT2D eigenvalue weighted by atomic mass is 10.4. The van der Waals surface area contributed by atoms with Gasteiger partial charge in [0.1, 0.15) is 6.54 Å². The maximum Gasteiger partial charge on any atom is 0.405 e. The van der Waals surface area contributed by atoms with Crippen molar-refractivity contribution in [1.29, 1.82) is 0 Å². The highest BCUT2D eigenvalue weighted by Crippen LogP contribution is 2.11. The number of aryl methyl sites for hydroxylation is 1. The number of carbonyl (C=O) groups is 1. The van der Waals surface area contributed by atoms with Crippen LogP contribution >= 0.6 is 0 Å². The molecule has 6 nitrogen and oxygen atoms in total. The van der Waals surface area contributed by atoms with Crippen LogP contribution in [0.1, 0.15) is 11.7 Å². The van der Waals surface area contributed by atoms with Gasteiger partial charge in [-0.15, -0.1) is 0 Å². The van der Waals surface area contributed by atoms with Crippen molar-refractivity contribution in [3.8, 4) is 0 Å². The van der Waals surface area contributed by atoms with E-state index in [9.17, 15) is 18.0 Å². The second kappa shape index (κ2) is 6.34. The van der Waals surface area contributed by atoms with Crippen LogP contribution in [0.3, 0.4) is 0 Å². The molecular weight excluding hydrogens is 253 g/mol. The molecule has 0 atom stereocenters. The molecule has 0 aliphatic carbocycles. The fraction of sp³-hybridized carbons (Fsp3) is 0.667. The molecule has 1 amide bonds. The van der Waals surface area contributed by atoms with Crippen LogP contribution in [0.4, 0.5) is 13.2 Å². The Morgan fingerprint density at radius 2 is 2.17 bits per heavy atom. The highest BCUT2D eigenvalue weighted by atomic mass is 19.4. The molecule has 0 radical (unpaired) electrons. The topological polar surface area (TPSA) is 80.0 Å². The second-order valence-electron chi connectivity index (χ2n) is 3.55. The normalized spacial score (nSPS) is 11.6. The molecule has 2 N–H and O–H groups in total. The molecule has 9 heteroatoms. The van der Waals surface area contributed by atoms with Crippen molar-refractivity contribution in [1.82, 2.24) is 20.8 Å². The van der Waals surface area contributed by atoms with Crippen molar-refractivity contribution >= 4 is 5.91 Å². The van der Waals surface area contributed by atoms with Crippen LogP contribution in [0.15, 0.2) is 4.52 Å². The highest BCUT2D eigenvalue weighted by Gasteiger charge is 2.27. The number of amides is 1. The zero-order valence-corrected chi connectivity index (χ0v) is 9.67. The van der Waals surface area contributed by atoms with Gasteiger partial charge in [0.15, 0.2) is 5.82 Å². The van der Waals surface area contributed by atoms with Gasteiger partial charge in [-0.05, 0) is 0 Å². The largest absolute Gasteiger partial charge is 0.405 e. The summed E-state index contributed by atoms with van der Waals surface area (Å²) in [5.41, 5.74) is 0. The summed E-state index contributed by atoms with van der Waals surface area (Å²) in [6.07, 6.45) is -3.96. The number of hydrogen-bond acceptors (Lipinski definition) is 5. The molecule has 18 heavy (non-hydrogen) atoms. The van der Waals surface area contributed by atoms with Crippen LogP contribution in [0, 0.1) is 6.92 Å². The summed E-state index contributed by atoms with van der Waals surface area (Å²) < 4.78 is 40.0. The van der Waals surface area contributed by atoms with E-state index in [-0.39, 0.29) is 6.54 Å². The predicted molar refractivity (Wildman–Crippen MR) is 54.7 cm³/mol. The number of nitrogens with zero attached hydrogens (tertiary/aromatic N) is 2. The maximum absolute atomic E-state index is 11.8. The molecule has 0 spiro atoms. The highest BCUT2D eigenvalue weighted by molar-refractivity contribution is 5.77. The van der Waals surface area contributed by atoms with Gasteiger partial charge in [-0.2, -0.15) is 18.2 Å². The molecular formula is C9H13F3N4O2. The van der Waals surface area contributed by atoms with E-state index in [0.717, 1.165) is 0 Å². The van der Waals surface area contributed by atoms with Crippen LogP contribution in [0.25, 0.3) is 0 Å². The Labute approximate surface area is 101 Å². The first-order valence-electron chi connectivity index (χ1n) is 5.20. The van der Waals surface area contributed by atoms with E-state index < -0.39 is 18.6 Å². The minimum atomic E-state index is -4.39. The van der Waals surface area contributed by atoms with Crippen molar-refractivity contribution in [2.75, 3.05) is 19.6 Å². The Bertz CT molecular complexity index is 391. The van der Waals surface area contributed by atoms with Crippen molar-refractivity contribution in [2.24, 2.45) is 0 Å². The zero-order chi connectivity index (χ0) is 13.6. The SMILES string of the molecule is Cc1nc(CCNCC(=O)NCC(F)(F)F)no1. The third-order valence-corrected chi connectivity index (χ3v) is 1.87. The Balaban J connectivity index is 2.09. The van der Waals surface area contributed by atoms with Crippen molar-refractivity contribution in [2.45, 2.75) is 19.5 Å². The molecule has 0 aliphatic heterocycles. The van der Waals surface area contributed by atoms with Gasteiger partial charge >= 0.3 is 6.18 Å². The molecule has 0 fully saturated rings. The van der Waals surface area contributed by atoms with Crippen LogP contribution in [0.5, 0.6) is 0 Å². The minimum absolute atomic E-state index is 0.188. The van der Waals surface area contributed by atoms with Crippen LogP contribution in [0.2, 0.25) is 0 Å².